The van der Waals surface area contributed by atoms with Crippen LogP contribution >= 0.6 is 0 Å². The average Bonchev–Trinajstić information content (AvgIpc) is 3.29. The lowest BCUT2D eigenvalue weighted by Crippen LogP contribution is -1.94. The molecule has 0 saturated heterocycles. The summed E-state index contributed by atoms with van der Waals surface area (Å²) in [6.45, 7) is 0. The third-order valence-corrected chi connectivity index (χ3v) is 6.63. The van der Waals surface area contributed by atoms with Gasteiger partial charge in [0.15, 0.2) is 5.58 Å². The Kier molecular flexibility index (Phi) is 4.18. The lowest BCUT2D eigenvalue weighted by Gasteiger charge is -2.14. The number of nitrogens with one attached hydrogen (secondary N) is 1. The number of para-hydroxylation sites is 2. The Labute approximate surface area is 197 Å². The van der Waals surface area contributed by atoms with Crippen LogP contribution in [0.3, 0.4) is 0 Å². The van der Waals surface area contributed by atoms with Crippen LogP contribution in [0.5, 0.6) is 0 Å². The van der Waals surface area contributed by atoms with Gasteiger partial charge >= 0.3 is 0 Å². The molecule has 160 valence electrons. The lowest BCUT2D eigenvalue weighted by atomic mass is 9.99. The van der Waals surface area contributed by atoms with Gasteiger partial charge in [-0.25, -0.2) is 0 Å². The Morgan fingerprint density at radius 2 is 1.21 bits per heavy atom. The molecule has 0 bridgehead atoms. The summed E-state index contributed by atoms with van der Waals surface area (Å²) in [5.74, 6) is 0. The third kappa shape index (κ3) is 2.96. The van der Waals surface area contributed by atoms with Gasteiger partial charge in [0.25, 0.3) is 0 Å². The summed E-state index contributed by atoms with van der Waals surface area (Å²) in [5, 5.41) is 10.9. The van der Waals surface area contributed by atoms with Gasteiger partial charge in [-0.05, 0) is 51.4 Å². The van der Waals surface area contributed by atoms with E-state index in [1.807, 2.05) is 12.1 Å². The van der Waals surface area contributed by atoms with Crippen LogP contribution in [0.1, 0.15) is 0 Å². The molecule has 0 radical (unpaired) electrons. The maximum atomic E-state index is 6.40. The second kappa shape index (κ2) is 7.50. The molecule has 1 aromatic heterocycles. The zero-order valence-electron chi connectivity index (χ0n) is 18.5. The molecule has 1 N–H and O–H groups in total. The number of benzene rings is 6. The molecule has 0 aliphatic carbocycles. The first-order valence-corrected chi connectivity index (χ1v) is 11.5. The summed E-state index contributed by atoms with van der Waals surface area (Å²) >= 11 is 0. The van der Waals surface area contributed by atoms with E-state index in [0.29, 0.717) is 0 Å². The number of furan rings is 1. The average molecular weight is 436 g/mol. The topological polar surface area (TPSA) is 25.2 Å². The fraction of sp³-hybridized carbons (Fsp3) is 0. The molecule has 0 atom stereocenters. The SMILES string of the molecule is c1ccc(-c2ccc3ccccc3c2)c(Nc2cc3ccccc3c3c2oc2ccccc23)c1. The van der Waals surface area contributed by atoms with Crippen molar-refractivity contribution in [3.05, 3.63) is 121 Å². The van der Waals surface area contributed by atoms with Crippen molar-refractivity contribution in [3.8, 4) is 11.1 Å². The van der Waals surface area contributed by atoms with Crippen molar-refractivity contribution in [2.75, 3.05) is 5.32 Å². The van der Waals surface area contributed by atoms with Crippen molar-refractivity contribution in [3.63, 3.8) is 0 Å². The van der Waals surface area contributed by atoms with Gasteiger partial charge < -0.3 is 9.73 Å². The zero-order valence-corrected chi connectivity index (χ0v) is 18.5. The van der Waals surface area contributed by atoms with Crippen molar-refractivity contribution in [2.45, 2.75) is 0 Å². The fourth-order valence-electron chi connectivity index (χ4n) is 5.01. The van der Waals surface area contributed by atoms with E-state index in [0.717, 1.165) is 38.9 Å². The van der Waals surface area contributed by atoms with Crippen molar-refractivity contribution >= 4 is 54.9 Å². The molecule has 0 aliphatic heterocycles. The van der Waals surface area contributed by atoms with Crippen molar-refractivity contribution in [1.29, 1.82) is 0 Å². The second-order valence-electron chi connectivity index (χ2n) is 8.68. The molecule has 0 spiro atoms. The molecule has 2 nitrogen and oxygen atoms in total. The summed E-state index contributed by atoms with van der Waals surface area (Å²) in [6.07, 6.45) is 0. The van der Waals surface area contributed by atoms with Gasteiger partial charge in [-0.2, -0.15) is 0 Å². The molecular formula is C32H21NO. The normalized spacial score (nSPS) is 11.5. The second-order valence-corrected chi connectivity index (χ2v) is 8.68. The minimum Gasteiger partial charge on any atom is -0.454 e. The molecule has 7 rings (SSSR count). The van der Waals surface area contributed by atoms with E-state index in [2.05, 4.69) is 115 Å². The van der Waals surface area contributed by atoms with Crippen LogP contribution in [0.25, 0.3) is 54.6 Å². The van der Waals surface area contributed by atoms with Gasteiger partial charge in [-0.15, -0.1) is 0 Å². The van der Waals surface area contributed by atoms with E-state index in [-0.39, 0.29) is 0 Å². The smallest absolute Gasteiger partial charge is 0.159 e. The molecule has 2 heteroatoms. The number of rotatable bonds is 3. The van der Waals surface area contributed by atoms with Crippen LogP contribution in [-0.2, 0) is 0 Å². The third-order valence-electron chi connectivity index (χ3n) is 6.63. The van der Waals surface area contributed by atoms with Crippen LogP contribution < -0.4 is 5.32 Å². The maximum Gasteiger partial charge on any atom is 0.159 e. The number of hydrogen-bond acceptors (Lipinski definition) is 2. The molecule has 6 aromatic carbocycles. The molecular weight excluding hydrogens is 414 g/mol. The highest BCUT2D eigenvalue weighted by atomic mass is 16.3. The van der Waals surface area contributed by atoms with Gasteiger partial charge in [-0.1, -0.05) is 97.1 Å². The quantitative estimate of drug-likeness (QED) is 0.299. The van der Waals surface area contributed by atoms with Crippen LogP contribution in [0, 0.1) is 0 Å². The lowest BCUT2D eigenvalue weighted by molar-refractivity contribution is 0.670. The van der Waals surface area contributed by atoms with Gasteiger partial charge in [0.2, 0.25) is 0 Å². The molecule has 0 aliphatic rings. The molecule has 0 amide bonds. The fourth-order valence-corrected chi connectivity index (χ4v) is 5.01. The highest BCUT2D eigenvalue weighted by Crippen LogP contribution is 2.41. The Morgan fingerprint density at radius 3 is 2.12 bits per heavy atom. The first-order valence-electron chi connectivity index (χ1n) is 11.5. The van der Waals surface area contributed by atoms with E-state index in [4.69, 9.17) is 4.42 Å². The van der Waals surface area contributed by atoms with Crippen LogP contribution in [0.4, 0.5) is 11.4 Å². The van der Waals surface area contributed by atoms with Gasteiger partial charge in [-0.3, -0.25) is 0 Å². The van der Waals surface area contributed by atoms with Crippen LogP contribution in [-0.4, -0.2) is 0 Å². The van der Waals surface area contributed by atoms with Gasteiger partial charge in [0.1, 0.15) is 5.58 Å². The molecule has 7 aromatic rings. The molecule has 34 heavy (non-hydrogen) atoms. The number of hydrogen-bond donors (Lipinski definition) is 1. The van der Waals surface area contributed by atoms with E-state index in [1.54, 1.807) is 0 Å². The van der Waals surface area contributed by atoms with Gasteiger partial charge in [0, 0.05) is 22.0 Å². The highest BCUT2D eigenvalue weighted by Gasteiger charge is 2.16. The summed E-state index contributed by atoms with van der Waals surface area (Å²) < 4.78 is 6.40. The van der Waals surface area contributed by atoms with Crippen LogP contribution in [0.15, 0.2) is 126 Å². The van der Waals surface area contributed by atoms with Crippen molar-refractivity contribution in [1.82, 2.24) is 0 Å². The van der Waals surface area contributed by atoms with Crippen molar-refractivity contribution in [2.24, 2.45) is 0 Å². The van der Waals surface area contributed by atoms with Crippen molar-refractivity contribution < 1.29 is 4.42 Å². The molecule has 1 heterocycles. The molecule has 0 fully saturated rings. The Balaban J connectivity index is 1.44. The number of fused-ring (bicyclic) bond motifs is 6. The van der Waals surface area contributed by atoms with Gasteiger partial charge in [0.05, 0.1) is 5.69 Å². The minimum atomic E-state index is 0.883. The summed E-state index contributed by atoms with van der Waals surface area (Å²) in [7, 11) is 0. The van der Waals surface area contributed by atoms with E-state index in [1.165, 1.54) is 27.1 Å². The highest BCUT2D eigenvalue weighted by molar-refractivity contribution is 6.22. The zero-order chi connectivity index (χ0) is 22.5. The summed E-state index contributed by atoms with van der Waals surface area (Å²) in [6, 6.07) is 42.6. The summed E-state index contributed by atoms with van der Waals surface area (Å²) in [4.78, 5) is 0. The Bertz CT molecular complexity index is 1840. The standard InChI is InChI=1S/C32H21NO/c1-2-10-22-19-24(18-17-21(22)9-1)25-12-5-7-15-28(25)33-29-20-23-11-3-4-13-26(23)31-27-14-6-8-16-30(27)34-32(29)31/h1-20,33H. The first-order chi connectivity index (χ1) is 16.8. The number of anilines is 2. The first kappa shape index (κ1) is 19.0. The van der Waals surface area contributed by atoms with E-state index < -0.39 is 0 Å². The summed E-state index contributed by atoms with van der Waals surface area (Å²) in [5.41, 5.74) is 6.15. The minimum absolute atomic E-state index is 0.883. The van der Waals surface area contributed by atoms with E-state index >= 15 is 0 Å². The Hall–Kier alpha value is -4.56. The monoisotopic (exact) mass is 435 g/mol. The Morgan fingerprint density at radius 1 is 0.500 bits per heavy atom. The molecule has 0 unspecified atom stereocenters. The predicted octanol–water partition coefficient (Wildman–Crippen LogP) is 9.30. The molecule has 0 saturated carbocycles. The largest absolute Gasteiger partial charge is 0.454 e. The maximum absolute atomic E-state index is 6.40. The predicted molar refractivity (Wildman–Crippen MR) is 144 cm³/mol. The van der Waals surface area contributed by atoms with E-state index in [9.17, 15) is 0 Å². The van der Waals surface area contributed by atoms with Crippen LogP contribution in [0.2, 0.25) is 0 Å².